The second-order valence-corrected chi connectivity index (χ2v) is 4.66. The van der Waals surface area contributed by atoms with Gasteiger partial charge in [0, 0.05) is 0 Å². The monoisotopic (exact) mass is 148 g/mol. The molecular weight excluding hydrogens is 132 g/mol. The Kier molecular flexibility index (Phi) is 1.09. The minimum absolute atomic E-state index is 0.902. The lowest BCUT2D eigenvalue weighted by Gasteiger charge is -2.47. The maximum Gasteiger partial charge on any atom is -0.0166 e. The Labute approximate surface area is 68.7 Å². The Bertz CT molecular complexity index is 204. The number of fused-ring (bicyclic) bond motifs is 4. The molecule has 0 saturated heterocycles. The van der Waals surface area contributed by atoms with Gasteiger partial charge in [0.15, 0.2) is 0 Å². The first-order chi connectivity index (χ1) is 5.38. The van der Waals surface area contributed by atoms with Gasteiger partial charge in [0.05, 0.1) is 0 Å². The molecule has 0 aliphatic heterocycles. The Morgan fingerprint density at radius 1 is 1.09 bits per heavy atom. The average molecular weight is 148 g/mol. The number of hydrogen-bond acceptors (Lipinski definition) is 0. The van der Waals surface area contributed by atoms with Crippen LogP contribution in [0.4, 0.5) is 0 Å². The third-order valence-corrected chi connectivity index (χ3v) is 4.30. The molecule has 0 aromatic carbocycles. The fourth-order valence-electron chi connectivity index (χ4n) is 3.84. The van der Waals surface area contributed by atoms with Gasteiger partial charge in [-0.2, -0.15) is 0 Å². The molecule has 3 aliphatic rings. The van der Waals surface area contributed by atoms with E-state index in [0.717, 1.165) is 29.6 Å². The van der Waals surface area contributed by atoms with Crippen LogP contribution in [-0.4, -0.2) is 0 Å². The van der Waals surface area contributed by atoms with Crippen molar-refractivity contribution in [1.29, 1.82) is 0 Å². The van der Waals surface area contributed by atoms with E-state index in [-0.39, 0.29) is 0 Å². The average Bonchev–Trinajstić information content (AvgIpc) is 2.43. The molecule has 0 bridgehead atoms. The predicted octanol–water partition coefficient (Wildman–Crippen LogP) is 2.85. The van der Waals surface area contributed by atoms with Crippen LogP contribution in [0.1, 0.15) is 26.2 Å². The van der Waals surface area contributed by atoms with E-state index in [4.69, 9.17) is 0 Å². The minimum atomic E-state index is 0.902. The molecule has 4 unspecified atom stereocenters. The van der Waals surface area contributed by atoms with Crippen LogP contribution in [0.25, 0.3) is 0 Å². The zero-order valence-electron chi connectivity index (χ0n) is 7.16. The van der Waals surface area contributed by atoms with E-state index in [1.165, 1.54) is 19.3 Å². The summed E-state index contributed by atoms with van der Waals surface area (Å²) in [6, 6.07) is 0. The highest BCUT2D eigenvalue weighted by Crippen LogP contribution is 2.61. The molecule has 2 saturated carbocycles. The summed E-state index contributed by atoms with van der Waals surface area (Å²) < 4.78 is 0. The normalized spacial score (nSPS) is 58.8. The maximum absolute atomic E-state index is 2.50. The second-order valence-electron chi connectivity index (χ2n) is 4.66. The van der Waals surface area contributed by atoms with Crippen molar-refractivity contribution in [2.75, 3.05) is 0 Å². The van der Waals surface area contributed by atoms with E-state index in [1.807, 2.05) is 0 Å². The highest BCUT2D eigenvalue weighted by atomic mass is 14.6. The fourth-order valence-corrected chi connectivity index (χ4v) is 3.84. The summed E-state index contributed by atoms with van der Waals surface area (Å²) in [6.45, 7) is 2.40. The molecule has 2 fully saturated rings. The molecule has 0 aromatic rings. The molecule has 0 radical (unpaired) electrons. The summed E-state index contributed by atoms with van der Waals surface area (Å²) in [6.07, 6.45) is 9.54. The molecule has 0 nitrogen and oxygen atoms in total. The Hall–Kier alpha value is -0.260. The minimum Gasteiger partial charge on any atom is -0.0851 e. The van der Waals surface area contributed by atoms with E-state index >= 15 is 0 Å². The van der Waals surface area contributed by atoms with Gasteiger partial charge in [-0.15, -0.1) is 0 Å². The van der Waals surface area contributed by atoms with Crippen molar-refractivity contribution in [2.45, 2.75) is 26.2 Å². The van der Waals surface area contributed by atoms with E-state index in [1.54, 1.807) is 0 Å². The number of hydrogen-bond donors (Lipinski definition) is 0. The van der Waals surface area contributed by atoms with Crippen molar-refractivity contribution in [2.24, 2.45) is 29.6 Å². The molecule has 0 heterocycles. The molecule has 5 atom stereocenters. The van der Waals surface area contributed by atoms with Crippen LogP contribution in [0.5, 0.6) is 0 Å². The lowest BCUT2D eigenvalue weighted by molar-refractivity contribution is 0.0249. The van der Waals surface area contributed by atoms with Gasteiger partial charge in [-0.25, -0.2) is 0 Å². The van der Waals surface area contributed by atoms with Crippen LogP contribution in [-0.2, 0) is 0 Å². The summed E-state index contributed by atoms with van der Waals surface area (Å²) in [5.74, 6) is 5.23. The largest absolute Gasteiger partial charge is 0.0851 e. The van der Waals surface area contributed by atoms with Gasteiger partial charge >= 0.3 is 0 Å². The predicted molar refractivity (Wildman–Crippen MR) is 46.1 cm³/mol. The maximum atomic E-state index is 2.50. The van der Waals surface area contributed by atoms with Crippen LogP contribution in [0.2, 0.25) is 0 Å². The molecule has 11 heavy (non-hydrogen) atoms. The van der Waals surface area contributed by atoms with E-state index < -0.39 is 0 Å². The third kappa shape index (κ3) is 0.617. The summed E-state index contributed by atoms with van der Waals surface area (Å²) in [4.78, 5) is 0. The molecule has 0 amide bonds. The van der Waals surface area contributed by atoms with Gasteiger partial charge in [-0.05, 0) is 42.4 Å². The second kappa shape index (κ2) is 1.91. The number of allylic oxidation sites excluding steroid dienone is 2. The first-order valence-corrected chi connectivity index (χ1v) is 5.06. The zero-order chi connectivity index (χ0) is 7.42. The van der Waals surface area contributed by atoms with E-state index in [0.29, 0.717) is 0 Å². The van der Waals surface area contributed by atoms with Crippen molar-refractivity contribution in [3.8, 4) is 0 Å². The molecule has 60 valence electrons. The molecule has 3 rings (SSSR count). The van der Waals surface area contributed by atoms with E-state index in [2.05, 4.69) is 19.1 Å². The molecule has 0 heteroatoms. The van der Waals surface area contributed by atoms with Gasteiger partial charge in [0.2, 0.25) is 0 Å². The molecular formula is C11H16. The fraction of sp³-hybridized carbons (Fsp3) is 0.818. The Morgan fingerprint density at radius 3 is 2.82 bits per heavy atom. The Balaban J connectivity index is 1.88. The van der Waals surface area contributed by atoms with Gasteiger partial charge in [0.1, 0.15) is 0 Å². The SMILES string of the molecule is CC1C=CC2C1C1CCC[C@@H]21. The lowest BCUT2D eigenvalue weighted by atomic mass is 9.57. The van der Waals surface area contributed by atoms with Gasteiger partial charge in [0.25, 0.3) is 0 Å². The van der Waals surface area contributed by atoms with Gasteiger partial charge in [-0.3, -0.25) is 0 Å². The van der Waals surface area contributed by atoms with Crippen molar-refractivity contribution >= 4 is 0 Å². The van der Waals surface area contributed by atoms with E-state index in [9.17, 15) is 0 Å². The molecule has 0 aromatic heterocycles. The third-order valence-electron chi connectivity index (χ3n) is 4.30. The molecule has 0 spiro atoms. The first-order valence-electron chi connectivity index (χ1n) is 5.06. The summed E-state index contributed by atoms with van der Waals surface area (Å²) in [7, 11) is 0. The molecule has 0 N–H and O–H groups in total. The topological polar surface area (TPSA) is 0 Å². The van der Waals surface area contributed by atoms with Crippen LogP contribution in [0, 0.1) is 29.6 Å². The zero-order valence-corrected chi connectivity index (χ0v) is 7.16. The highest BCUT2D eigenvalue weighted by Gasteiger charge is 2.54. The quantitative estimate of drug-likeness (QED) is 0.463. The van der Waals surface area contributed by atoms with Crippen LogP contribution < -0.4 is 0 Å². The van der Waals surface area contributed by atoms with Crippen LogP contribution in [0.3, 0.4) is 0 Å². The Morgan fingerprint density at radius 2 is 1.91 bits per heavy atom. The standard InChI is InChI=1S/C11H16/c1-7-5-6-10-8-3-2-4-9(8)11(7)10/h5-11H,2-4H2,1H3/t7?,8-,9?,10?,11?/m1/s1. The van der Waals surface area contributed by atoms with Crippen LogP contribution >= 0.6 is 0 Å². The van der Waals surface area contributed by atoms with Gasteiger partial charge < -0.3 is 0 Å². The van der Waals surface area contributed by atoms with Crippen molar-refractivity contribution in [1.82, 2.24) is 0 Å². The summed E-state index contributed by atoms with van der Waals surface area (Å²) >= 11 is 0. The van der Waals surface area contributed by atoms with Crippen molar-refractivity contribution < 1.29 is 0 Å². The highest BCUT2D eigenvalue weighted by molar-refractivity contribution is 5.17. The van der Waals surface area contributed by atoms with Crippen LogP contribution in [0.15, 0.2) is 12.2 Å². The van der Waals surface area contributed by atoms with Gasteiger partial charge in [-0.1, -0.05) is 25.5 Å². The van der Waals surface area contributed by atoms with Crippen molar-refractivity contribution in [3.05, 3.63) is 12.2 Å². The molecule has 3 aliphatic carbocycles. The number of rotatable bonds is 0. The smallest absolute Gasteiger partial charge is 0.0166 e. The lowest BCUT2D eigenvalue weighted by Crippen LogP contribution is -2.42. The summed E-state index contributed by atoms with van der Waals surface area (Å²) in [5.41, 5.74) is 0. The first kappa shape index (κ1) is 6.28. The van der Waals surface area contributed by atoms with Crippen molar-refractivity contribution in [3.63, 3.8) is 0 Å². The summed E-state index contributed by atoms with van der Waals surface area (Å²) in [5, 5.41) is 0.